The van der Waals surface area contributed by atoms with Crippen molar-refractivity contribution in [3.63, 3.8) is 0 Å². The van der Waals surface area contributed by atoms with Crippen molar-refractivity contribution in [2.75, 3.05) is 19.1 Å². The van der Waals surface area contributed by atoms with E-state index in [-0.39, 0.29) is 11.1 Å². The van der Waals surface area contributed by atoms with Crippen molar-refractivity contribution in [3.05, 3.63) is 28.0 Å². The van der Waals surface area contributed by atoms with E-state index >= 15 is 0 Å². The fraction of sp³-hybridized carbons (Fsp3) is 0.500. The quantitative estimate of drug-likeness (QED) is 0.867. The summed E-state index contributed by atoms with van der Waals surface area (Å²) >= 11 is 0. The molecule has 24 heavy (non-hydrogen) atoms. The molecule has 126 valence electrons. The molecule has 0 bridgehead atoms. The predicted molar refractivity (Wildman–Crippen MR) is 93.5 cm³/mol. The number of hydrogen-bond donors (Lipinski definition) is 0. The van der Waals surface area contributed by atoms with Gasteiger partial charge in [-0.25, -0.2) is 4.98 Å². The first kappa shape index (κ1) is 16.3. The number of fused-ring (bicyclic) bond motifs is 1. The molecule has 0 aromatic carbocycles. The van der Waals surface area contributed by atoms with Gasteiger partial charge < -0.3 is 14.2 Å². The highest BCUT2D eigenvalue weighted by Crippen LogP contribution is 2.32. The van der Waals surface area contributed by atoms with Crippen LogP contribution < -0.4 is 15.2 Å². The van der Waals surface area contributed by atoms with Gasteiger partial charge in [0.05, 0.1) is 18.3 Å². The highest BCUT2D eigenvalue weighted by Gasteiger charge is 2.25. The number of aryl methyl sites for hydroxylation is 1. The molecule has 0 unspecified atom stereocenters. The van der Waals surface area contributed by atoms with Crippen LogP contribution in [0.5, 0.6) is 5.88 Å². The van der Waals surface area contributed by atoms with Gasteiger partial charge in [0.15, 0.2) is 0 Å². The van der Waals surface area contributed by atoms with Crippen LogP contribution in [0.15, 0.2) is 16.9 Å². The number of nitrogens with zero attached hydrogens (tertiary/aromatic N) is 4. The van der Waals surface area contributed by atoms with Crippen LogP contribution in [-0.2, 0) is 7.05 Å². The largest absolute Gasteiger partial charge is 0.481 e. The van der Waals surface area contributed by atoms with Crippen molar-refractivity contribution >= 4 is 16.7 Å². The summed E-state index contributed by atoms with van der Waals surface area (Å²) in [6.07, 6.45) is 5.75. The van der Waals surface area contributed by atoms with E-state index < -0.39 is 0 Å². The third-order valence-corrected chi connectivity index (χ3v) is 4.99. The van der Waals surface area contributed by atoms with Gasteiger partial charge in [-0.1, -0.05) is 19.3 Å². The second-order valence-electron chi connectivity index (χ2n) is 6.32. The zero-order valence-corrected chi connectivity index (χ0v) is 14.4. The van der Waals surface area contributed by atoms with Gasteiger partial charge in [-0.15, -0.1) is 0 Å². The summed E-state index contributed by atoms with van der Waals surface area (Å²) in [7, 11) is 5.20. The average molecular weight is 326 g/mol. The number of anilines is 1. The number of rotatable bonds is 3. The summed E-state index contributed by atoms with van der Waals surface area (Å²) < 4.78 is 6.73. The lowest BCUT2D eigenvalue weighted by Gasteiger charge is -2.33. The van der Waals surface area contributed by atoms with Crippen LogP contribution in [0.1, 0.15) is 37.7 Å². The highest BCUT2D eigenvalue weighted by molar-refractivity contribution is 5.92. The number of nitriles is 1. The average Bonchev–Trinajstić information content (AvgIpc) is 2.64. The summed E-state index contributed by atoms with van der Waals surface area (Å²) in [6.45, 7) is 0. The summed E-state index contributed by atoms with van der Waals surface area (Å²) in [4.78, 5) is 19.3. The summed E-state index contributed by atoms with van der Waals surface area (Å²) in [6, 6.07) is 5.98. The number of aromatic nitrogens is 2. The van der Waals surface area contributed by atoms with Crippen LogP contribution in [0.3, 0.4) is 0 Å². The lowest BCUT2D eigenvalue weighted by Crippen LogP contribution is -2.36. The molecule has 2 heterocycles. The van der Waals surface area contributed by atoms with Gasteiger partial charge in [-0.2, -0.15) is 5.26 Å². The lowest BCUT2D eigenvalue weighted by molar-refractivity contribution is 0.399. The second kappa shape index (κ2) is 6.52. The second-order valence-corrected chi connectivity index (χ2v) is 6.32. The lowest BCUT2D eigenvalue weighted by atomic mass is 9.93. The van der Waals surface area contributed by atoms with Gasteiger partial charge >= 0.3 is 0 Å². The molecule has 0 aliphatic heterocycles. The van der Waals surface area contributed by atoms with Gasteiger partial charge in [-0.05, 0) is 18.9 Å². The van der Waals surface area contributed by atoms with Crippen LogP contribution in [-0.4, -0.2) is 29.8 Å². The van der Waals surface area contributed by atoms with Crippen molar-refractivity contribution in [3.8, 4) is 11.9 Å². The molecule has 6 nitrogen and oxygen atoms in total. The molecule has 1 saturated carbocycles. The van der Waals surface area contributed by atoms with Crippen LogP contribution in [0, 0.1) is 11.3 Å². The molecule has 1 fully saturated rings. The number of methoxy groups -OCH3 is 1. The summed E-state index contributed by atoms with van der Waals surface area (Å²) in [5, 5.41) is 9.61. The normalized spacial score (nSPS) is 15.2. The van der Waals surface area contributed by atoms with E-state index in [1.807, 2.05) is 13.1 Å². The van der Waals surface area contributed by atoms with Crippen molar-refractivity contribution in [1.29, 1.82) is 5.26 Å². The molecule has 0 saturated heterocycles. The first-order chi connectivity index (χ1) is 11.6. The minimum atomic E-state index is -0.283. The first-order valence-corrected chi connectivity index (χ1v) is 8.29. The van der Waals surface area contributed by atoms with Crippen molar-refractivity contribution in [2.45, 2.75) is 38.1 Å². The van der Waals surface area contributed by atoms with Crippen molar-refractivity contribution in [2.24, 2.45) is 7.05 Å². The summed E-state index contributed by atoms with van der Waals surface area (Å²) in [5.74, 6) is 0.475. The maximum absolute atomic E-state index is 12.6. The highest BCUT2D eigenvalue weighted by atomic mass is 16.5. The fourth-order valence-corrected chi connectivity index (χ4v) is 3.58. The monoisotopic (exact) mass is 326 g/mol. The Labute approximate surface area is 141 Å². The predicted octanol–water partition coefficient (Wildman–Crippen LogP) is 2.58. The van der Waals surface area contributed by atoms with Crippen LogP contribution >= 0.6 is 0 Å². The zero-order valence-electron chi connectivity index (χ0n) is 14.4. The van der Waals surface area contributed by atoms with E-state index in [0.717, 1.165) is 12.8 Å². The van der Waals surface area contributed by atoms with E-state index in [0.29, 0.717) is 28.6 Å². The van der Waals surface area contributed by atoms with Gasteiger partial charge in [-0.3, -0.25) is 4.79 Å². The molecule has 2 aromatic heterocycles. The maximum Gasteiger partial charge on any atom is 0.270 e. The number of pyridine rings is 2. The van der Waals surface area contributed by atoms with Gasteiger partial charge in [0, 0.05) is 26.2 Å². The summed E-state index contributed by atoms with van der Waals surface area (Å²) in [5.41, 5.74) is 1.84. The molecule has 0 atom stereocenters. The SMILES string of the molecule is COc1ccc2c(n1)c(N(C)C1CCCCC1)c(C#N)c(=O)n2C. The van der Waals surface area contributed by atoms with Gasteiger partial charge in [0.25, 0.3) is 5.56 Å². The third kappa shape index (κ3) is 2.60. The first-order valence-electron chi connectivity index (χ1n) is 8.29. The Hall–Kier alpha value is -2.55. The molecule has 0 radical (unpaired) electrons. The van der Waals surface area contributed by atoms with E-state index in [4.69, 9.17) is 4.74 Å². The van der Waals surface area contributed by atoms with Gasteiger partial charge in [0.2, 0.25) is 5.88 Å². The Balaban J connectivity index is 2.28. The number of hydrogen-bond acceptors (Lipinski definition) is 5. The Morgan fingerprint density at radius 3 is 2.67 bits per heavy atom. The minimum absolute atomic E-state index is 0.152. The third-order valence-electron chi connectivity index (χ3n) is 4.99. The molecule has 0 amide bonds. The van der Waals surface area contributed by atoms with Gasteiger partial charge in [0.1, 0.15) is 17.1 Å². The molecular formula is C18H22N4O2. The standard InChI is InChI=1S/C18H22N4O2/c1-21(12-7-5-4-6-8-12)17-13(11-19)18(23)22(2)14-9-10-15(24-3)20-16(14)17/h9-10,12H,4-8H2,1-3H3. The fourth-order valence-electron chi connectivity index (χ4n) is 3.58. The van der Waals surface area contributed by atoms with E-state index in [9.17, 15) is 10.1 Å². The number of ether oxygens (including phenoxy) is 1. The molecule has 0 N–H and O–H groups in total. The Morgan fingerprint density at radius 1 is 1.33 bits per heavy atom. The van der Waals surface area contributed by atoms with Crippen LogP contribution in [0.4, 0.5) is 5.69 Å². The Kier molecular flexibility index (Phi) is 4.43. The van der Waals surface area contributed by atoms with E-state index in [2.05, 4.69) is 16.0 Å². The smallest absolute Gasteiger partial charge is 0.270 e. The van der Waals surface area contributed by atoms with E-state index in [1.54, 1.807) is 20.2 Å². The maximum atomic E-state index is 12.6. The molecule has 2 aromatic rings. The Bertz CT molecular complexity index is 860. The van der Waals surface area contributed by atoms with Crippen molar-refractivity contribution in [1.82, 2.24) is 9.55 Å². The molecular weight excluding hydrogens is 304 g/mol. The molecule has 1 aliphatic rings. The molecule has 1 aliphatic carbocycles. The van der Waals surface area contributed by atoms with Crippen molar-refractivity contribution < 1.29 is 4.74 Å². The molecule has 3 rings (SSSR count). The zero-order chi connectivity index (χ0) is 17.3. The van der Waals surface area contributed by atoms with Crippen LogP contribution in [0.25, 0.3) is 11.0 Å². The minimum Gasteiger partial charge on any atom is -0.481 e. The molecule has 6 heteroatoms. The molecule has 0 spiro atoms. The topological polar surface area (TPSA) is 71.2 Å². The van der Waals surface area contributed by atoms with Crippen LogP contribution in [0.2, 0.25) is 0 Å². The van der Waals surface area contributed by atoms with E-state index in [1.165, 1.54) is 23.8 Å². The Morgan fingerprint density at radius 2 is 2.04 bits per heavy atom.